The molecular weight excluding hydrogens is 148 g/mol. The van der Waals surface area contributed by atoms with Gasteiger partial charge in [0.25, 0.3) is 0 Å². The molecule has 0 aromatic heterocycles. The Labute approximate surface area is 77.1 Å². The smallest absolute Gasteiger partial charge is 0.0139 e. The fraction of sp³-hybridized carbons (Fsp3) is 1.00. The molecule has 12 heavy (non-hydrogen) atoms. The van der Waals surface area contributed by atoms with Gasteiger partial charge in [0, 0.05) is 19.1 Å². The van der Waals surface area contributed by atoms with Gasteiger partial charge in [0.1, 0.15) is 0 Å². The van der Waals surface area contributed by atoms with Gasteiger partial charge >= 0.3 is 0 Å². The molecule has 2 N–H and O–H groups in total. The molecule has 2 heteroatoms. The Balaban J connectivity index is 3.66. The van der Waals surface area contributed by atoms with Crippen LogP contribution < -0.4 is 5.73 Å². The number of hydrogen-bond donors (Lipinski definition) is 1. The van der Waals surface area contributed by atoms with Gasteiger partial charge in [0.2, 0.25) is 0 Å². The fourth-order valence-corrected chi connectivity index (χ4v) is 1.31. The van der Waals surface area contributed by atoms with Gasteiger partial charge in [0.05, 0.1) is 0 Å². The van der Waals surface area contributed by atoms with Crippen LogP contribution in [0.5, 0.6) is 0 Å². The molecule has 0 saturated heterocycles. The topological polar surface area (TPSA) is 29.3 Å². The normalized spacial score (nSPS) is 16.5. The molecule has 0 amide bonds. The summed E-state index contributed by atoms with van der Waals surface area (Å²) in [6, 6.07) is 0.300. The van der Waals surface area contributed by atoms with Crippen LogP contribution in [0.15, 0.2) is 0 Å². The lowest BCUT2D eigenvalue weighted by atomic mass is 10.1. The minimum atomic E-state index is 0.300. The summed E-state index contributed by atoms with van der Waals surface area (Å²) in [6.45, 7) is 12.1. The van der Waals surface area contributed by atoms with E-state index in [-0.39, 0.29) is 0 Å². The molecule has 0 rings (SSSR count). The molecule has 2 atom stereocenters. The van der Waals surface area contributed by atoms with E-state index in [9.17, 15) is 0 Å². The van der Waals surface area contributed by atoms with Crippen LogP contribution in [0.2, 0.25) is 0 Å². The molecule has 0 aromatic carbocycles. The predicted molar refractivity (Wildman–Crippen MR) is 55.2 cm³/mol. The zero-order chi connectivity index (χ0) is 9.56. The molecule has 0 saturated carbocycles. The molecule has 1 unspecified atom stereocenters. The first-order valence-corrected chi connectivity index (χ1v) is 5.08. The molecule has 0 spiro atoms. The van der Waals surface area contributed by atoms with Crippen LogP contribution in [0.3, 0.4) is 0 Å². The van der Waals surface area contributed by atoms with E-state index < -0.39 is 0 Å². The van der Waals surface area contributed by atoms with Gasteiger partial charge in [-0.05, 0) is 19.4 Å². The zero-order valence-electron chi connectivity index (χ0n) is 9.01. The highest BCUT2D eigenvalue weighted by Crippen LogP contribution is 2.03. The Bertz CT molecular complexity index is 102. The van der Waals surface area contributed by atoms with Crippen molar-refractivity contribution in [3.63, 3.8) is 0 Å². The van der Waals surface area contributed by atoms with Crippen molar-refractivity contribution in [2.24, 2.45) is 11.7 Å². The average Bonchev–Trinajstić information content (AvgIpc) is 2.02. The Kier molecular flexibility index (Phi) is 6.39. The highest BCUT2D eigenvalue weighted by atomic mass is 15.1. The molecular formula is C10H24N2. The van der Waals surface area contributed by atoms with E-state index in [4.69, 9.17) is 5.73 Å². The van der Waals surface area contributed by atoms with Crippen LogP contribution in [-0.2, 0) is 0 Å². The summed E-state index contributed by atoms with van der Waals surface area (Å²) in [6.07, 6.45) is 1.26. The van der Waals surface area contributed by atoms with E-state index >= 15 is 0 Å². The lowest BCUT2D eigenvalue weighted by Crippen LogP contribution is -2.37. The van der Waals surface area contributed by atoms with Gasteiger partial charge in [-0.3, -0.25) is 0 Å². The molecule has 2 nitrogen and oxygen atoms in total. The van der Waals surface area contributed by atoms with Crippen LogP contribution in [0.25, 0.3) is 0 Å². The van der Waals surface area contributed by atoms with Crippen LogP contribution >= 0.6 is 0 Å². The summed E-state index contributed by atoms with van der Waals surface area (Å²) in [7, 11) is 0. The Morgan fingerprint density at radius 2 is 1.75 bits per heavy atom. The summed E-state index contributed by atoms with van der Waals surface area (Å²) >= 11 is 0. The molecule has 74 valence electrons. The van der Waals surface area contributed by atoms with E-state index in [2.05, 4.69) is 32.6 Å². The van der Waals surface area contributed by atoms with Gasteiger partial charge in [0.15, 0.2) is 0 Å². The Morgan fingerprint density at radius 3 is 2.08 bits per heavy atom. The van der Waals surface area contributed by atoms with Gasteiger partial charge in [-0.25, -0.2) is 0 Å². The van der Waals surface area contributed by atoms with E-state index in [1.54, 1.807) is 0 Å². The van der Waals surface area contributed by atoms with Crippen molar-refractivity contribution in [3.8, 4) is 0 Å². The second kappa shape index (κ2) is 6.44. The minimum Gasteiger partial charge on any atom is -0.327 e. The first-order valence-electron chi connectivity index (χ1n) is 5.08. The van der Waals surface area contributed by atoms with Crippen molar-refractivity contribution in [1.29, 1.82) is 0 Å². The van der Waals surface area contributed by atoms with Crippen molar-refractivity contribution < 1.29 is 0 Å². The van der Waals surface area contributed by atoms with E-state index in [0.29, 0.717) is 6.04 Å². The summed E-state index contributed by atoms with van der Waals surface area (Å²) in [5.41, 5.74) is 5.74. The molecule has 0 fully saturated rings. The van der Waals surface area contributed by atoms with Crippen molar-refractivity contribution in [2.45, 2.75) is 40.2 Å². The molecule has 0 aliphatic rings. The third-order valence-electron chi connectivity index (χ3n) is 2.26. The second-order valence-electron chi connectivity index (χ2n) is 3.84. The summed E-state index contributed by atoms with van der Waals surface area (Å²) in [5, 5.41) is 0. The van der Waals surface area contributed by atoms with Crippen molar-refractivity contribution in [2.75, 3.05) is 19.6 Å². The van der Waals surface area contributed by atoms with Gasteiger partial charge in [-0.15, -0.1) is 0 Å². The molecule has 0 bridgehead atoms. The van der Waals surface area contributed by atoms with Gasteiger partial charge in [-0.1, -0.05) is 27.2 Å². The quantitative estimate of drug-likeness (QED) is 0.661. The first-order chi connectivity index (χ1) is 5.60. The van der Waals surface area contributed by atoms with Crippen LogP contribution in [-0.4, -0.2) is 30.6 Å². The Morgan fingerprint density at radius 1 is 1.17 bits per heavy atom. The molecule has 0 aromatic rings. The fourth-order valence-electron chi connectivity index (χ4n) is 1.31. The van der Waals surface area contributed by atoms with Crippen molar-refractivity contribution in [3.05, 3.63) is 0 Å². The highest BCUT2D eigenvalue weighted by molar-refractivity contribution is 4.65. The maximum Gasteiger partial charge on any atom is 0.0139 e. The summed E-state index contributed by atoms with van der Waals surface area (Å²) in [4.78, 5) is 2.43. The minimum absolute atomic E-state index is 0.300. The van der Waals surface area contributed by atoms with Crippen molar-refractivity contribution in [1.82, 2.24) is 4.90 Å². The number of nitrogens with two attached hydrogens (primary N) is 1. The first kappa shape index (κ1) is 11.9. The van der Waals surface area contributed by atoms with Gasteiger partial charge < -0.3 is 10.6 Å². The number of likely N-dealkylation sites (N-methyl/N-ethyl adjacent to an activating group) is 1. The molecule has 0 radical (unpaired) electrons. The van der Waals surface area contributed by atoms with Crippen LogP contribution in [0.4, 0.5) is 0 Å². The van der Waals surface area contributed by atoms with E-state index in [1.165, 1.54) is 13.0 Å². The molecule has 0 aliphatic heterocycles. The third-order valence-corrected chi connectivity index (χ3v) is 2.26. The largest absolute Gasteiger partial charge is 0.327 e. The summed E-state index contributed by atoms with van der Waals surface area (Å²) < 4.78 is 0. The lowest BCUT2D eigenvalue weighted by Gasteiger charge is -2.25. The maximum absolute atomic E-state index is 5.74. The zero-order valence-corrected chi connectivity index (χ0v) is 9.01. The number of nitrogens with zero attached hydrogens (tertiary/aromatic N) is 1. The van der Waals surface area contributed by atoms with Gasteiger partial charge in [-0.2, -0.15) is 0 Å². The van der Waals surface area contributed by atoms with Crippen molar-refractivity contribution >= 4 is 0 Å². The monoisotopic (exact) mass is 172 g/mol. The standard InChI is InChI=1S/C10H24N2/c1-5-9(3)7-12(6-2)8-10(4)11/h9-10H,5-8,11H2,1-4H3/t9?,10-/m0/s1. The SMILES string of the molecule is CCC(C)CN(CC)C[C@H](C)N. The predicted octanol–water partition coefficient (Wildman–Crippen LogP) is 1.70. The lowest BCUT2D eigenvalue weighted by molar-refractivity contribution is 0.236. The maximum atomic E-state index is 5.74. The Hall–Kier alpha value is -0.0800. The number of hydrogen-bond acceptors (Lipinski definition) is 2. The van der Waals surface area contributed by atoms with Crippen LogP contribution in [0.1, 0.15) is 34.1 Å². The second-order valence-corrected chi connectivity index (χ2v) is 3.84. The number of rotatable bonds is 6. The van der Waals surface area contributed by atoms with E-state index in [0.717, 1.165) is 19.0 Å². The third kappa shape index (κ3) is 5.56. The molecule has 0 heterocycles. The highest BCUT2D eigenvalue weighted by Gasteiger charge is 2.08. The molecule has 0 aliphatic carbocycles. The van der Waals surface area contributed by atoms with E-state index in [1.807, 2.05) is 0 Å². The average molecular weight is 172 g/mol. The van der Waals surface area contributed by atoms with Crippen LogP contribution in [0, 0.1) is 5.92 Å². The summed E-state index contributed by atoms with van der Waals surface area (Å²) in [5.74, 6) is 0.795.